The Labute approximate surface area is 49.5 Å². The monoisotopic (exact) mass is 111 g/mol. The lowest BCUT2D eigenvalue weighted by molar-refractivity contribution is 0.455. The van der Waals surface area contributed by atoms with Crippen molar-refractivity contribution in [3.8, 4) is 0 Å². The molecule has 3 radical (unpaired) electrons. The van der Waals surface area contributed by atoms with Gasteiger partial charge in [0.05, 0.1) is 0 Å². The lowest BCUT2D eigenvalue weighted by Crippen LogP contribution is -2.29. The highest BCUT2D eigenvalue weighted by Crippen LogP contribution is 2.07. The molecular formula is C6H9NO+. The van der Waals surface area contributed by atoms with Crippen LogP contribution in [0.1, 0.15) is 19.3 Å². The molecular weight excluding hydrogens is 102 g/mol. The van der Waals surface area contributed by atoms with E-state index < -0.39 is 0 Å². The SMILES string of the molecule is O=[C][N+]1[CH]CCCC1. The van der Waals surface area contributed by atoms with Gasteiger partial charge in [-0.15, -0.1) is 0 Å². The van der Waals surface area contributed by atoms with Crippen molar-refractivity contribution < 1.29 is 4.79 Å². The van der Waals surface area contributed by atoms with Crippen LogP contribution in [0.3, 0.4) is 0 Å². The van der Waals surface area contributed by atoms with Gasteiger partial charge in [-0.05, 0) is 6.42 Å². The Bertz CT molecular complexity index is 76.6. The van der Waals surface area contributed by atoms with E-state index in [9.17, 15) is 4.79 Å². The van der Waals surface area contributed by atoms with Crippen molar-refractivity contribution >= 4 is 6.41 Å². The highest BCUT2D eigenvalue weighted by molar-refractivity contribution is 5.52. The first-order valence-electron chi connectivity index (χ1n) is 2.91. The van der Waals surface area contributed by atoms with Crippen LogP contribution in [0.25, 0.3) is 0 Å². The molecule has 1 rings (SSSR count). The van der Waals surface area contributed by atoms with E-state index in [1.807, 2.05) is 13.0 Å². The number of likely N-dealkylation sites (tertiary alicyclic amines) is 1. The van der Waals surface area contributed by atoms with Crippen molar-refractivity contribution in [1.82, 2.24) is 4.90 Å². The first-order chi connectivity index (χ1) is 3.93. The van der Waals surface area contributed by atoms with Gasteiger partial charge in [0.15, 0.2) is 6.54 Å². The summed E-state index contributed by atoms with van der Waals surface area (Å²) in [7, 11) is 0. The van der Waals surface area contributed by atoms with Gasteiger partial charge in [-0.3, -0.25) is 0 Å². The average molecular weight is 111 g/mol. The fraction of sp³-hybridized carbons (Fsp3) is 0.667. The van der Waals surface area contributed by atoms with Gasteiger partial charge in [-0.1, -0.05) is 4.90 Å². The van der Waals surface area contributed by atoms with Crippen LogP contribution in [0.15, 0.2) is 0 Å². The maximum absolute atomic E-state index is 9.93. The molecule has 0 aromatic rings. The number of rotatable bonds is 1. The van der Waals surface area contributed by atoms with Crippen LogP contribution in [-0.4, -0.2) is 13.0 Å². The molecule has 8 heavy (non-hydrogen) atoms. The zero-order valence-corrected chi connectivity index (χ0v) is 4.76. The minimum absolute atomic E-state index is 0.865. The zero-order valence-electron chi connectivity index (χ0n) is 4.76. The number of amides is 1. The van der Waals surface area contributed by atoms with Gasteiger partial charge < -0.3 is 0 Å². The maximum Gasteiger partial charge on any atom is 0.495 e. The molecule has 1 amide bonds. The number of hydrogen-bond acceptors (Lipinski definition) is 1. The van der Waals surface area contributed by atoms with E-state index in [0.29, 0.717) is 0 Å². The summed E-state index contributed by atoms with van der Waals surface area (Å²) in [6.45, 7) is 2.76. The largest absolute Gasteiger partial charge is 0.495 e. The molecule has 1 fully saturated rings. The first kappa shape index (κ1) is 5.76. The fourth-order valence-corrected chi connectivity index (χ4v) is 0.848. The summed E-state index contributed by atoms with van der Waals surface area (Å²) in [4.78, 5) is 11.5. The predicted molar refractivity (Wildman–Crippen MR) is 30.8 cm³/mol. The van der Waals surface area contributed by atoms with Crippen LogP contribution in [0.2, 0.25) is 0 Å². The van der Waals surface area contributed by atoms with Gasteiger partial charge in [0.2, 0.25) is 0 Å². The third kappa shape index (κ3) is 1.30. The van der Waals surface area contributed by atoms with E-state index in [-0.39, 0.29) is 0 Å². The predicted octanol–water partition coefficient (Wildman–Crippen LogP) is 0.539. The Hall–Kier alpha value is -0.370. The minimum atomic E-state index is 0.865. The molecule has 0 atom stereocenters. The van der Waals surface area contributed by atoms with E-state index in [4.69, 9.17) is 0 Å². The maximum atomic E-state index is 9.93. The van der Waals surface area contributed by atoms with E-state index in [1.165, 1.54) is 6.42 Å². The van der Waals surface area contributed by atoms with Crippen molar-refractivity contribution in [1.29, 1.82) is 0 Å². The molecule has 0 spiro atoms. The Morgan fingerprint density at radius 1 is 1.50 bits per heavy atom. The number of piperidine rings is 1. The molecule has 0 N–H and O–H groups in total. The summed E-state index contributed by atoms with van der Waals surface area (Å²) >= 11 is 0. The molecule has 1 aliphatic rings. The molecule has 0 unspecified atom stereocenters. The highest BCUT2D eigenvalue weighted by atomic mass is 16.1. The van der Waals surface area contributed by atoms with Gasteiger partial charge in [0.25, 0.3) is 0 Å². The minimum Gasteiger partial charge on any atom is -0.209 e. The van der Waals surface area contributed by atoms with Crippen LogP contribution in [0.5, 0.6) is 0 Å². The van der Waals surface area contributed by atoms with Crippen molar-refractivity contribution in [2.45, 2.75) is 19.3 Å². The molecule has 1 saturated heterocycles. The van der Waals surface area contributed by atoms with Crippen molar-refractivity contribution in [3.05, 3.63) is 6.54 Å². The van der Waals surface area contributed by atoms with Crippen molar-refractivity contribution in [3.63, 3.8) is 0 Å². The second-order valence-electron chi connectivity index (χ2n) is 1.96. The Kier molecular flexibility index (Phi) is 2.03. The summed E-state index contributed by atoms with van der Waals surface area (Å²) in [5.74, 6) is 0. The Morgan fingerprint density at radius 2 is 2.38 bits per heavy atom. The Morgan fingerprint density at radius 3 is 2.75 bits per heavy atom. The van der Waals surface area contributed by atoms with Gasteiger partial charge in [0.1, 0.15) is 6.54 Å². The van der Waals surface area contributed by atoms with Crippen LogP contribution in [-0.2, 0) is 4.79 Å². The Balaban J connectivity index is 2.22. The van der Waals surface area contributed by atoms with E-state index in [2.05, 4.69) is 0 Å². The zero-order chi connectivity index (χ0) is 5.82. The van der Waals surface area contributed by atoms with E-state index in [1.54, 1.807) is 4.90 Å². The fourth-order valence-electron chi connectivity index (χ4n) is 0.848. The molecule has 0 aromatic heterocycles. The van der Waals surface area contributed by atoms with Gasteiger partial charge in [0, 0.05) is 12.8 Å². The lowest BCUT2D eigenvalue weighted by atomic mass is 10.1. The number of carbonyl (C=O) groups excluding carboxylic acids is 1. The normalized spacial score (nSPS) is 23.0. The van der Waals surface area contributed by atoms with Crippen LogP contribution < -0.4 is 4.90 Å². The van der Waals surface area contributed by atoms with Gasteiger partial charge >= 0.3 is 6.41 Å². The highest BCUT2D eigenvalue weighted by Gasteiger charge is 2.20. The lowest BCUT2D eigenvalue weighted by Gasteiger charge is -2.06. The molecule has 0 bridgehead atoms. The van der Waals surface area contributed by atoms with Crippen LogP contribution >= 0.6 is 0 Å². The second kappa shape index (κ2) is 2.82. The molecule has 1 aliphatic heterocycles. The molecule has 0 aliphatic carbocycles. The standard InChI is InChI=1S/C6H9NO/c8-6-7-4-2-1-3-5-7/h4H,1-3,5H2/q+1. The number of hydrogen-bond donors (Lipinski definition) is 0. The van der Waals surface area contributed by atoms with Crippen molar-refractivity contribution in [2.75, 3.05) is 6.54 Å². The summed E-state index contributed by atoms with van der Waals surface area (Å²) in [6, 6.07) is 0. The molecule has 2 nitrogen and oxygen atoms in total. The van der Waals surface area contributed by atoms with Crippen LogP contribution in [0.4, 0.5) is 0 Å². The summed E-state index contributed by atoms with van der Waals surface area (Å²) in [6.07, 6.45) is 5.22. The molecule has 1 heterocycles. The first-order valence-corrected chi connectivity index (χ1v) is 2.91. The summed E-state index contributed by atoms with van der Waals surface area (Å²) in [5, 5.41) is 0. The molecule has 0 aromatic carbocycles. The van der Waals surface area contributed by atoms with E-state index >= 15 is 0 Å². The summed E-state index contributed by atoms with van der Waals surface area (Å²) in [5.41, 5.74) is 0. The van der Waals surface area contributed by atoms with Crippen molar-refractivity contribution in [2.24, 2.45) is 0 Å². The third-order valence-electron chi connectivity index (χ3n) is 1.32. The molecule has 2 heteroatoms. The topological polar surface area (TPSA) is 23.0 Å². The number of nitrogens with zero attached hydrogens (tertiary/aromatic N) is 1. The van der Waals surface area contributed by atoms with Gasteiger partial charge in [-0.2, -0.15) is 0 Å². The van der Waals surface area contributed by atoms with E-state index in [0.717, 1.165) is 19.4 Å². The average Bonchev–Trinajstić information content (AvgIpc) is 1.90. The third-order valence-corrected chi connectivity index (χ3v) is 1.32. The summed E-state index contributed by atoms with van der Waals surface area (Å²) < 4.78 is 0. The second-order valence-corrected chi connectivity index (χ2v) is 1.96. The quantitative estimate of drug-likeness (QED) is 0.453. The molecule has 43 valence electrons. The smallest absolute Gasteiger partial charge is 0.209 e. The molecule has 0 saturated carbocycles. The van der Waals surface area contributed by atoms with Crippen LogP contribution in [0, 0.1) is 6.54 Å². The van der Waals surface area contributed by atoms with Gasteiger partial charge in [-0.25, -0.2) is 4.79 Å².